The van der Waals surface area contributed by atoms with Crippen LogP contribution < -0.4 is 14.2 Å². The minimum Gasteiger partial charge on any atom is -0.495 e. The van der Waals surface area contributed by atoms with Crippen molar-refractivity contribution in [3.05, 3.63) is 36.1 Å². The molecule has 0 fully saturated rings. The van der Waals surface area contributed by atoms with Crippen molar-refractivity contribution in [1.29, 1.82) is 0 Å². The Kier molecular flexibility index (Phi) is 6.53. The molecule has 0 aliphatic heterocycles. The first-order valence-electron chi connectivity index (χ1n) is 9.87. The average molecular weight is 415 g/mol. The number of ether oxygens (including phenoxy) is 3. The van der Waals surface area contributed by atoms with Crippen molar-refractivity contribution in [2.24, 2.45) is 0 Å². The number of fused-ring (bicyclic) bond motifs is 2. The summed E-state index contributed by atoms with van der Waals surface area (Å²) in [5.74, 6) is 1.74. The summed E-state index contributed by atoms with van der Waals surface area (Å²) in [5, 5.41) is 21.4. The Hall–Kier alpha value is -2.77. The van der Waals surface area contributed by atoms with Crippen LogP contribution in [0.1, 0.15) is 33.6 Å². The van der Waals surface area contributed by atoms with E-state index in [4.69, 9.17) is 18.6 Å². The van der Waals surface area contributed by atoms with Crippen molar-refractivity contribution in [3.63, 3.8) is 0 Å². The Balaban J connectivity index is 1.79. The second-order valence-corrected chi connectivity index (χ2v) is 7.85. The lowest BCUT2D eigenvalue weighted by Crippen LogP contribution is -2.35. The van der Waals surface area contributed by atoms with Crippen molar-refractivity contribution in [2.45, 2.75) is 45.3 Å². The SMILES string of the molecule is COc1c2ccoc2nc2c(OC)c(OC/C=C(/C)CC[C@H](O)C(C)(C)O)ccc12. The molecule has 0 spiro atoms. The van der Waals surface area contributed by atoms with Gasteiger partial charge in [-0.1, -0.05) is 5.57 Å². The molecule has 3 rings (SSSR count). The van der Waals surface area contributed by atoms with E-state index in [1.165, 1.54) is 0 Å². The number of aliphatic hydroxyl groups is 2. The molecule has 0 unspecified atom stereocenters. The van der Waals surface area contributed by atoms with Crippen LogP contribution in [0, 0.1) is 0 Å². The van der Waals surface area contributed by atoms with Crippen LogP contribution in [0.2, 0.25) is 0 Å². The summed E-state index contributed by atoms with van der Waals surface area (Å²) in [5.41, 5.74) is 1.03. The highest BCUT2D eigenvalue weighted by Crippen LogP contribution is 2.41. The van der Waals surface area contributed by atoms with E-state index in [-0.39, 0.29) is 0 Å². The molecule has 0 saturated heterocycles. The van der Waals surface area contributed by atoms with E-state index < -0.39 is 11.7 Å². The van der Waals surface area contributed by atoms with Crippen molar-refractivity contribution in [3.8, 4) is 17.2 Å². The number of hydrogen-bond donors (Lipinski definition) is 2. The first-order valence-corrected chi connectivity index (χ1v) is 9.87. The van der Waals surface area contributed by atoms with Gasteiger partial charge in [-0.25, -0.2) is 4.98 Å². The zero-order valence-corrected chi connectivity index (χ0v) is 18.1. The molecule has 2 heterocycles. The third-order valence-corrected chi connectivity index (χ3v) is 5.15. The third kappa shape index (κ3) is 4.52. The number of rotatable bonds is 9. The van der Waals surface area contributed by atoms with E-state index >= 15 is 0 Å². The molecule has 3 aromatic rings. The lowest BCUT2D eigenvalue weighted by molar-refractivity contribution is -0.0509. The van der Waals surface area contributed by atoms with Gasteiger partial charge in [0.1, 0.15) is 17.9 Å². The Morgan fingerprint density at radius 3 is 2.57 bits per heavy atom. The number of allylic oxidation sites excluding steroid dienone is 1. The van der Waals surface area contributed by atoms with Gasteiger partial charge in [0.25, 0.3) is 0 Å². The van der Waals surface area contributed by atoms with Gasteiger partial charge in [-0.2, -0.15) is 0 Å². The molecule has 1 atom stereocenters. The molecule has 7 heteroatoms. The highest BCUT2D eigenvalue weighted by atomic mass is 16.5. The minimum atomic E-state index is -1.11. The molecule has 0 aliphatic carbocycles. The maximum Gasteiger partial charge on any atom is 0.230 e. The zero-order valence-electron chi connectivity index (χ0n) is 18.1. The second-order valence-electron chi connectivity index (χ2n) is 7.85. The fourth-order valence-corrected chi connectivity index (χ4v) is 3.28. The summed E-state index contributed by atoms with van der Waals surface area (Å²) in [4.78, 5) is 4.57. The first kappa shape index (κ1) is 21.9. The molecule has 7 nitrogen and oxygen atoms in total. The van der Waals surface area contributed by atoms with Gasteiger partial charge in [0, 0.05) is 5.39 Å². The number of benzene rings is 1. The number of aliphatic hydroxyl groups excluding tert-OH is 1. The lowest BCUT2D eigenvalue weighted by Gasteiger charge is -2.24. The highest BCUT2D eigenvalue weighted by molar-refractivity contribution is 6.02. The quantitative estimate of drug-likeness (QED) is 0.505. The van der Waals surface area contributed by atoms with Crippen molar-refractivity contribution >= 4 is 22.0 Å². The van der Waals surface area contributed by atoms with Crippen LogP contribution in [0.5, 0.6) is 17.2 Å². The maximum atomic E-state index is 9.96. The van der Waals surface area contributed by atoms with Gasteiger partial charge in [0.2, 0.25) is 5.71 Å². The molecule has 162 valence electrons. The number of methoxy groups -OCH3 is 2. The molecule has 0 radical (unpaired) electrons. The van der Waals surface area contributed by atoms with Crippen molar-refractivity contribution in [2.75, 3.05) is 20.8 Å². The van der Waals surface area contributed by atoms with Crippen molar-refractivity contribution < 1.29 is 28.8 Å². The van der Waals surface area contributed by atoms with E-state index in [0.717, 1.165) is 16.3 Å². The fourth-order valence-electron chi connectivity index (χ4n) is 3.28. The third-order valence-electron chi connectivity index (χ3n) is 5.15. The molecule has 30 heavy (non-hydrogen) atoms. The molecule has 0 bridgehead atoms. The predicted octanol–water partition coefficient (Wildman–Crippen LogP) is 4.24. The van der Waals surface area contributed by atoms with Gasteiger partial charge < -0.3 is 28.8 Å². The Labute approximate surface area is 175 Å². The van der Waals surface area contributed by atoms with Crippen molar-refractivity contribution in [1.82, 2.24) is 4.98 Å². The second kappa shape index (κ2) is 8.93. The topological polar surface area (TPSA) is 94.2 Å². The molecular weight excluding hydrogens is 386 g/mol. The van der Waals surface area contributed by atoms with Gasteiger partial charge in [-0.3, -0.25) is 0 Å². The van der Waals surface area contributed by atoms with Gasteiger partial charge in [0.05, 0.1) is 37.6 Å². The average Bonchev–Trinajstić information content (AvgIpc) is 3.17. The van der Waals surface area contributed by atoms with Gasteiger partial charge in [-0.15, -0.1) is 0 Å². The summed E-state index contributed by atoms with van der Waals surface area (Å²) < 4.78 is 22.5. The Bertz CT molecular complexity index is 1050. The normalized spacial score (nSPS) is 13.6. The summed E-state index contributed by atoms with van der Waals surface area (Å²) in [7, 11) is 3.18. The van der Waals surface area contributed by atoms with E-state index in [2.05, 4.69) is 4.98 Å². The molecular formula is C23H29NO6. The monoisotopic (exact) mass is 415 g/mol. The minimum absolute atomic E-state index is 0.340. The van der Waals surface area contributed by atoms with Crippen LogP contribution >= 0.6 is 0 Å². The Morgan fingerprint density at radius 1 is 1.17 bits per heavy atom. The summed E-state index contributed by atoms with van der Waals surface area (Å²) >= 11 is 0. The zero-order chi connectivity index (χ0) is 21.9. The maximum absolute atomic E-state index is 9.96. The lowest BCUT2D eigenvalue weighted by atomic mass is 9.96. The number of pyridine rings is 1. The standard InChI is InChI=1S/C23H29NO6/c1-14(6-9-18(25)23(2,3)26)10-12-29-17-8-7-15-19(21(17)28-5)24-22-16(11-13-30-22)20(15)27-4/h7-8,10-11,13,18,25-26H,6,9,12H2,1-5H3/b14-10-/t18-/m0/s1. The summed E-state index contributed by atoms with van der Waals surface area (Å²) in [6, 6.07) is 5.54. The van der Waals surface area contributed by atoms with E-state index in [1.807, 2.05) is 31.2 Å². The number of hydrogen-bond acceptors (Lipinski definition) is 7. The molecule has 0 amide bonds. The largest absolute Gasteiger partial charge is 0.495 e. The van der Waals surface area contributed by atoms with Crippen LogP contribution in [-0.4, -0.2) is 47.7 Å². The first-order chi connectivity index (χ1) is 14.3. The number of nitrogens with zero attached hydrogens (tertiary/aromatic N) is 1. The van der Waals surface area contributed by atoms with E-state index in [0.29, 0.717) is 47.9 Å². The number of aromatic nitrogens is 1. The highest BCUT2D eigenvalue weighted by Gasteiger charge is 2.23. The van der Waals surface area contributed by atoms with Gasteiger partial charge in [-0.05, 0) is 57.9 Å². The van der Waals surface area contributed by atoms with Crippen LogP contribution in [0.4, 0.5) is 0 Å². The van der Waals surface area contributed by atoms with E-state index in [9.17, 15) is 10.2 Å². The molecule has 1 aromatic carbocycles. The molecule has 0 saturated carbocycles. The van der Waals surface area contributed by atoms with Crippen LogP contribution in [0.25, 0.3) is 22.0 Å². The fraction of sp³-hybridized carbons (Fsp3) is 0.435. The van der Waals surface area contributed by atoms with Gasteiger partial charge >= 0.3 is 0 Å². The molecule has 0 aliphatic rings. The molecule has 2 aromatic heterocycles. The van der Waals surface area contributed by atoms with Crippen LogP contribution in [0.15, 0.2) is 40.5 Å². The number of furan rings is 1. The smallest absolute Gasteiger partial charge is 0.230 e. The Morgan fingerprint density at radius 2 is 1.90 bits per heavy atom. The predicted molar refractivity (Wildman–Crippen MR) is 115 cm³/mol. The summed E-state index contributed by atoms with van der Waals surface area (Å²) in [6.07, 6.45) is 3.89. The molecule has 2 N–H and O–H groups in total. The summed E-state index contributed by atoms with van der Waals surface area (Å²) in [6.45, 7) is 5.52. The van der Waals surface area contributed by atoms with Crippen LogP contribution in [-0.2, 0) is 0 Å². The van der Waals surface area contributed by atoms with Gasteiger partial charge in [0.15, 0.2) is 11.5 Å². The van der Waals surface area contributed by atoms with Crippen LogP contribution in [0.3, 0.4) is 0 Å². The van der Waals surface area contributed by atoms with E-state index in [1.54, 1.807) is 34.3 Å².